The maximum atomic E-state index is 13.4. The van der Waals surface area contributed by atoms with Gasteiger partial charge in [-0.1, -0.05) is 23.7 Å². The van der Waals surface area contributed by atoms with E-state index in [1.54, 1.807) is 0 Å². The predicted octanol–water partition coefficient (Wildman–Crippen LogP) is 3.10. The van der Waals surface area contributed by atoms with Gasteiger partial charge in [0.1, 0.15) is 0 Å². The summed E-state index contributed by atoms with van der Waals surface area (Å²) in [4.78, 5) is 26.2. The van der Waals surface area contributed by atoms with Crippen LogP contribution in [0.3, 0.4) is 0 Å². The summed E-state index contributed by atoms with van der Waals surface area (Å²) in [5, 5.41) is 9.59. The number of halogens is 1. The first-order valence-corrected chi connectivity index (χ1v) is 9.24. The highest BCUT2D eigenvalue weighted by Gasteiger charge is 2.44. The van der Waals surface area contributed by atoms with Crippen molar-refractivity contribution in [1.29, 1.82) is 0 Å². The Hall–Kier alpha value is -1.59. The molecule has 0 atom stereocenters. The Bertz CT molecular complexity index is 634. The van der Waals surface area contributed by atoms with Crippen molar-refractivity contribution in [3.63, 3.8) is 0 Å². The molecular formula is C19H24ClNO4. The molecule has 1 N–H and O–H groups in total. The molecule has 136 valence electrons. The summed E-state index contributed by atoms with van der Waals surface area (Å²) in [6.07, 6.45) is 3.00. The van der Waals surface area contributed by atoms with E-state index in [2.05, 4.69) is 0 Å². The van der Waals surface area contributed by atoms with E-state index in [1.165, 1.54) is 0 Å². The monoisotopic (exact) mass is 365 g/mol. The van der Waals surface area contributed by atoms with Crippen LogP contribution in [0.5, 0.6) is 0 Å². The highest BCUT2D eigenvalue weighted by molar-refractivity contribution is 6.30. The SMILES string of the molecule is O=C(O)CC1CCN(C(=O)C2(c3cccc(Cl)c3)CCOCC2)CC1. The number of benzene rings is 1. The number of carbonyl (C=O) groups excluding carboxylic acids is 1. The van der Waals surface area contributed by atoms with Gasteiger partial charge in [0, 0.05) is 37.7 Å². The topological polar surface area (TPSA) is 66.8 Å². The summed E-state index contributed by atoms with van der Waals surface area (Å²) in [5.41, 5.74) is 0.379. The van der Waals surface area contributed by atoms with E-state index >= 15 is 0 Å². The van der Waals surface area contributed by atoms with Gasteiger partial charge in [-0.3, -0.25) is 9.59 Å². The molecule has 1 aromatic rings. The van der Waals surface area contributed by atoms with E-state index in [0.717, 1.165) is 18.4 Å². The number of amides is 1. The zero-order chi connectivity index (χ0) is 17.9. The Morgan fingerprint density at radius 1 is 1.24 bits per heavy atom. The first-order chi connectivity index (χ1) is 12.0. The third-order valence-corrected chi connectivity index (χ3v) is 5.73. The van der Waals surface area contributed by atoms with Crippen LogP contribution in [-0.2, 0) is 19.7 Å². The molecule has 2 saturated heterocycles. The molecule has 0 unspecified atom stereocenters. The van der Waals surface area contributed by atoms with E-state index in [-0.39, 0.29) is 18.2 Å². The fourth-order valence-electron chi connectivity index (χ4n) is 4.02. The molecule has 0 aliphatic carbocycles. The van der Waals surface area contributed by atoms with Gasteiger partial charge in [-0.2, -0.15) is 0 Å². The maximum Gasteiger partial charge on any atom is 0.303 e. The fourth-order valence-corrected chi connectivity index (χ4v) is 4.21. The lowest BCUT2D eigenvalue weighted by molar-refractivity contribution is -0.143. The summed E-state index contributed by atoms with van der Waals surface area (Å²) >= 11 is 6.17. The molecule has 2 aliphatic heterocycles. The number of likely N-dealkylation sites (tertiary alicyclic amines) is 1. The fraction of sp³-hybridized carbons (Fsp3) is 0.579. The number of aliphatic carboxylic acids is 1. The van der Waals surface area contributed by atoms with Crippen LogP contribution in [0, 0.1) is 5.92 Å². The van der Waals surface area contributed by atoms with Gasteiger partial charge in [0.2, 0.25) is 5.91 Å². The Labute approximate surface area is 152 Å². The van der Waals surface area contributed by atoms with Crippen LogP contribution in [0.25, 0.3) is 0 Å². The Balaban J connectivity index is 1.78. The van der Waals surface area contributed by atoms with Gasteiger partial charge < -0.3 is 14.7 Å². The highest BCUT2D eigenvalue weighted by Crippen LogP contribution is 2.38. The van der Waals surface area contributed by atoms with E-state index in [0.29, 0.717) is 44.2 Å². The summed E-state index contributed by atoms with van der Waals surface area (Å²) in [6, 6.07) is 7.58. The average molecular weight is 366 g/mol. The first-order valence-electron chi connectivity index (χ1n) is 8.86. The maximum absolute atomic E-state index is 13.4. The minimum absolute atomic E-state index is 0.131. The lowest BCUT2D eigenvalue weighted by Crippen LogP contribution is -2.52. The van der Waals surface area contributed by atoms with Crippen LogP contribution in [-0.4, -0.2) is 48.2 Å². The molecule has 1 aromatic carbocycles. The molecule has 2 fully saturated rings. The van der Waals surface area contributed by atoms with E-state index in [4.69, 9.17) is 21.4 Å². The molecule has 5 nitrogen and oxygen atoms in total. The smallest absolute Gasteiger partial charge is 0.303 e. The molecule has 0 saturated carbocycles. The van der Waals surface area contributed by atoms with Crippen LogP contribution >= 0.6 is 11.6 Å². The molecule has 25 heavy (non-hydrogen) atoms. The number of ether oxygens (including phenoxy) is 1. The number of hydrogen-bond acceptors (Lipinski definition) is 3. The standard InChI is InChI=1S/C19H24ClNO4/c20-16-3-1-2-15(13-16)19(6-10-25-11-7-19)18(24)21-8-4-14(5-9-21)12-17(22)23/h1-3,13-14H,4-12H2,(H,22,23). The number of nitrogens with zero attached hydrogens (tertiary/aromatic N) is 1. The molecule has 3 rings (SSSR count). The lowest BCUT2D eigenvalue weighted by atomic mass is 9.72. The zero-order valence-corrected chi connectivity index (χ0v) is 15.0. The molecule has 6 heteroatoms. The van der Waals surface area contributed by atoms with Gasteiger partial charge in [0.25, 0.3) is 0 Å². The number of rotatable bonds is 4. The summed E-state index contributed by atoms with van der Waals surface area (Å²) < 4.78 is 5.51. The van der Waals surface area contributed by atoms with Crippen LogP contribution in [0.15, 0.2) is 24.3 Å². The molecular weight excluding hydrogens is 342 g/mol. The van der Waals surface area contributed by atoms with Crippen LogP contribution in [0.4, 0.5) is 0 Å². The second kappa shape index (κ2) is 7.75. The summed E-state index contributed by atoms with van der Waals surface area (Å²) in [6.45, 7) is 2.38. The second-order valence-corrected chi connectivity index (χ2v) is 7.47. The number of hydrogen-bond donors (Lipinski definition) is 1. The van der Waals surface area contributed by atoms with Gasteiger partial charge in [-0.15, -0.1) is 0 Å². The van der Waals surface area contributed by atoms with Crippen molar-refractivity contribution in [3.8, 4) is 0 Å². The number of carboxylic acid groups (broad SMARTS) is 1. The summed E-state index contributed by atoms with van der Waals surface area (Å²) in [7, 11) is 0. The number of carbonyl (C=O) groups is 2. The van der Waals surface area contributed by atoms with Crippen LogP contribution < -0.4 is 0 Å². The second-order valence-electron chi connectivity index (χ2n) is 7.04. The number of carboxylic acids is 1. The molecule has 1 amide bonds. The van der Waals surface area contributed by atoms with Crippen LogP contribution in [0.1, 0.15) is 37.7 Å². The van der Waals surface area contributed by atoms with Crippen molar-refractivity contribution < 1.29 is 19.4 Å². The predicted molar refractivity (Wildman–Crippen MR) is 94.7 cm³/mol. The van der Waals surface area contributed by atoms with Crippen molar-refractivity contribution in [2.45, 2.75) is 37.5 Å². The van der Waals surface area contributed by atoms with E-state index in [1.807, 2.05) is 29.2 Å². The Morgan fingerprint density at radius 2 is 1.92 bits per heavy atom. The van der Waals surface area contributed by atoms with E-state index < -0.39 is 11.4 Å². The molecule has 0 radical (unpaired) electrons. The molecule has 2 heterocycles. The van der Waals surface area contributed by atoms with E-state index in [9.17, 15) is 9.59 Å². The first kappa shape index (κ1) is 18.2. The number of piperidine rings is 1. The Kier molecular flexibility index (Phi) is 5.64. The van der Waals surface area contributed by atoms with Crippen molar-refractivity contribution in [1.82, 2.24) is 4.90 Å². The average Bonchev–Trinajstić information content (AvgIpc) is 2.62. The van der Waals surface area contributed by atoms with Gasteiger partial charge in [0.05, 0.1) is 5.41 Å². The van der Waals surface area contributed by atoms with Crippen molar-refractivity contribution in [2.75, 3.05) is 26.3 Å². The Morgan fingerprint density at radius 3 is 2.52 bits per heavy atom. The van der Waals surface area contributed by atoms with Gasteiger partial charge in [-0.25, -0.2) is 0 Å². The van der Waals surface area contributed by atoms with Crippen molar-refractivity contribution >= 4 is 23.5 Å². The van der Waals surface area contributed by atoms with Crippen LogP contribution in [0.2, 0.25) is 5.02 Å². The largest absolute Gasteiger partial charge is 0.481 e. The highest BCUT2D eigenvalue weighted by atomic mass is 35.5. The minimum atomic E-state index is -0.760. The van der Waals surface area contributed by atoms with Crippen molar-refractivity contribution in [2.24, 2.45) is 5.92 Å². The molecule has 0 aromatic heterocycles. The third kappa shape index (κ3) is 3.98. The zero-order valence-electron chi connectivity index (χ0n) is 14.2. The van der Waals surface area contributed by atoms with Crippen molar-refractivity contribution in [3.05, 3.63) is 34.9 Å². The summed E-state index contributed by atoms with van der Waals surface area (Å²) in [5.74, 6) is -0.463. The normalized spacial score (nSPS) is 21.1. The minimum Gasteiger partial charge on any atom is -0.481 e. The van der Waals surface area contributed by atoms with Gasteiger partial charge in [-0.05, 0) is 49.3 Å². The quantitative estimate of drug-likeness (QED) is 0.890. The lowest BCUT2D eigenvalue weighted by Gasteiger charge is -2.42. The molecule has 0 spiro atoms. The van der Waals surface area contributed by atoms with Gasteiger partial charge in [0.15, 0.2) is 0 Å². The molecule has 0 bridgehead atoms. The molecule has 2 aliphatic rings. The van der Waals surface area contributed by atoms with Gasteiger partial charge >= 0.3 is 5.97 Å². The third-order valence-electron chi connectivity index (χ3n) is 5.50.